The van der Waals surface area contributed by atoms with Crippen LogP contribution in [0.5, 0.6) is 0 Å². The maximum absolute atomic E-state index is 10.3. The Balaban J connectivity index is 3.10. The summed E-state index contributed by atoms with van der Waals surface area (Å²) in [5.74, 6) is 0. The first-order chi connectivity index (χ1) is 8.31. The molecule has 0 spiro atoms. The van der Waals surface area contributed by atoms with Crippen molar-refractivity contribution in [2.24, 2.45) is 0 Å². The van der Waals surface area contributed by atoms with Gasteiger partial charge in [-0.2, -0.15) is 0 Å². The maximum Gasteiger partial charge on any atom is 0.209 e. The number of carbonyl (C=O) groups is 1. The van der Waals surface area contributed by atoms with Crippen LogP contribution in [0, 0.1) is 0 Å². The Morgan fingerprint density at radius 2 is 1.47 bits per heavy atom. The van der Waals surface area contributed by atoms with Crippen molar-refractivity contribution >= 4 is 6.41 Å². The molecule has 0 aliphatic heterocycles. The first kappa shape index (κ1) is 16.2. The van der Waals surface area contributed by atoms with Crippen LogP contribution < -0.4 is 0 Å². The van der Waals surface area contributed by atoms with Crippen LogP contribution in [-0.4, -0.2) is 24.9 Å². The van der Waals surface area contributed by atoms with Gasteiger partial charge in [0.2, 0.25) is 6.41 Å². The van der Waals surface area contributed by atoms with Crippen molar-refractivity contribution < 1.29 is 4.79 Å². The van der Waals surface area contributed by atoms with E-state index in [2.05, 4.69) is 19.1 Å². The Kier molecular flexibility index (Phi) is 12.7. The molecule has 0 unspecified atom stereocenters. The lowest BCUT2D eigenvalue weighted by Gasteiger charge is -2.04. The van der Waals surface area contributed by atoms with Crippen molar-refractivity contribution in [3.8, 4) is 0 Å². The summed E-state index contributed by atoms with van der Waals surface area (Å²) in [5.41, 5.74) is 0. The normalized spacial score (nSPS) is 10.9. The van der Waals surface area contributed by atoms with Crippen molar-refractivity contribution in [3.05, 3.63) is 12.2 Å². The monoisotopic (exact) mass is 239 g/mol. The SMILES string of the molecule is CCCCCCCCCC/C=C/CN(C)C=O. The zero-order chi connectivity index (χ0) is 12.8. The number of carbonyl (C=O) groups excluding carboxylic acids is 1. The van der Waals surface area contributed by atoms with E-state index >= 15 is 0 Å². The number of allylic oxidation sites excluding steroid dienone is 1. The molecule has 1 amide bonds. The van der Waals surface area contributed by atoms with Crippen LogP contribution in [0.3, 0.4) is 0 Å². The van der Waals surface area contributed by atoms with Gasteiger partial charge in [0.1, 0.15) is 0 Å². The van der Waals surface area contributed by atoms with Crippen molar-refractivity contribution in [2.45, 2.75) is 64.7 Å². The van der Waals surface area contributed by atoms with Gasteiger partial charge in [-0.3, -0.25) is 4.79 Å². The molecule has 0 atom stereocenters. The highest BCUT2D eigenvalue weighted by Crippen LogP contribution is 2.09. The summed E-state index contributed by atoms with van der Waals surface area (Å²) in [4.78, 5) is 12.0. The molecule has 0 heterocycles. The van der Waals surface area contributed by atoms with E-state index in [1.807, 2.05) is 0 Å². The third kappa shape index (κ3) is 13.1. The van der Waals surface area contributed by atoms with Crippen molar-refractivity contribution in [1.82, 2.24) is 4.90 Å². The van der Waals surface area contributed by atoms with E-state index in [1.54, 1.807) is 11.9 Å². The van der Waals surface area contributed by atoms with Crippen LogP contribution in [0.15, 0.2) is 12.2 Å². The average molecular weight is 239 g/mol. The average Bonchev–Trinajstić information content (AvgIpc) is 2.35. The van der Waals surface area contributed by atoms with Gasteiger partial charge in [-0.05, 0) is 12.8 Å². The number of hydrogen-bond acceptors (Lipinski definition) is 1. The number of nitrogens with zero attached hydrogens (tertiary/aromatic N) is 1. The van der Waals surface area contributed by atoms with E-state index in [1.165, 1.54) is 51.4 Å². The predicted molar refractivity (Wildman–Crippen MR) is 75.1 cm³/mol. The largest absolute Gasteiger partial charge is 0.345 e. The van der Waals surface area contributed by atoms with E-state index in [0.29, 0.717) is 0 Å². The first-order valence-electron chi connectivity index (χ1n) is 7.11. The fourth-order valence-electron chi connectivity index (χ4n) is 1.80. The lowest BCUT2D eigenvalue weighted by molar-refractivity contribution is -0.116. The minimum absolute atomic E-state index is 0.737. The second kappa shape index (κ2) is 13.3. The summed E-state index contributed by atoms with van der Waals surface area (Å²) in [6.07, 6.45) is 17.3. The zero-order valence-corrected chi connectivity index (χ0v) is 11.7. The maximum atomic E-state index is 10.3. The van der Waals surface area contributed by atoms with E-state index in [-0.39, 0.29) is 0 Å². The molecule has 0 aromatic carbocycles. The van der Waals surface area contributed by atoms with Gasteiger partial charge in [0, 0.05) is 13.6 Å². The fraction of sp³-hybridized carbons (Fsp3) is 0.800. The number of amides is 1. The van der Waals surface area contributed by atoms with Crippen LogP contribution in [0.2, 0.25) is 0 Å². The van der Waals surface area contributed by atoms with Gasteiger partial charge in [-0.1, -0.05) is 64.0 Å². The quantitative estimate of drug-likeness (QED) is 0.284. The second-order valence-electron chi connectivity index (χ2n) is 4.78. The Morgan fingerprint density at radius 1 is 0.882 bits per heavy atom. The summed E-state index contributed by atoms with van der Waals surface area (Å²) in [5, 5.41) is 0. The van der Waals surface area contributed by atoms with Gasteiger partial charge >= 0.3 is 0 Å². The number of hydrogen-bond donors (Lipinski definition) is 0. The molecule has 0 fully saturated rings. The summed E-state index contributed by atoms with van der Waals surface area (Å²) in [6, 6.07) is 0. The van der Waals surface area contributed by atoms with E-state index in [0.717, 1.165) is 19.4 Å². The number of likely N-dealkylation sites (N-methyl/N-ethyl adjacent to an activating group) is 1. The van der Waals surface area contributed by atoms with Crippen LogP contribution in [-0.2, 0) is 4.79 Å². The Morgan fingerprint density at radius 3 is 2.06 bits per heavy atom. The number of unbranched alkanes of at least 4 members (excludes halogenated alkanes) is 8. The highest BCUT2D eigenvalue weighted by molar-refractivity contribution is 5.46. The molecule has 0 saturated heterocycles. The highest BCUT2D eigenvalue weighted by Gasteiger charge is 1.90. The second-order valence-corrected chi connectivity index (χ2v) is 4.78. The van der Waals surface area contributed by atoms with Crippen molar-refractivity contribution in [3.63, 3.8) is 0 Å². The van der Waals surface area contributed by atoms with Crippen LogP contribution in [0.1, 0.15) is 64.7 Å². The van der Waals surface area contributed by atoms with E-state index in [4.69, 9.17) is 0 Å². The summed E-state index contributed by atoms with van der Waals surface area (Å²) in [6.45, 7) is 2.99. The minimum atomic E-state index is 0.737. The lowest BCUT2D eigenvalue weighted by atomic mass is 10.1. The molecule has 0 aromatic heterocycles. The van der Waals surface area contributed by atoms with E-state index < -0.39 is 0 Å². The number of rotatable bonds is 12. The third-order valence-corrected chi connectivity index (χ3v) is 2.96. The first-order valence-corrected chi connectivity index (χ1v) is 7.11. The molecule has 0 radical (unpaired) electrons. The summed E-state index contributed by atoms with van der Waals surface area (Å²) in [7, 11) is 1.80. The summed E-state index contributed by atoms with van der Waals surface area (Å²) < 4.78 is 0. The van der Waals surface area contributed by atoms with Gasteiger partial charge in [0.25, 0.3) is 0 Å². The molecule has 0 aromatic rings. The van der Waals surface area contributed by atoms with E-state index in [9.17, 15) is 4.79 Å². The van der Waals surface area contributed by atoms with Gasteiger partial charge in [-0.15, -0.1) is 0 Å². The highest BCUT2D eigenvalue weighted by atomic mass is 16.1. The molecule has 0 bridgehead atoms. The van der Waals surface area contributed by atoms with Crippen molar-refractivity contribution in [2.75, 3.05) is 13.6 Å². The predicted octanol–water partition coefficient (Wildman–Crippen LogP) is 4.16. The van der Waals surface area contributed by atoms with Crippen molar-refractivity contribution in [1.29, 1.82) is 0 Å². The molecule has 17 heavy (non-hydrogen) atoms. The molecule has 0 saturated carbocycles. The molecule has 100 valence electrons. The van der Waals surface area contributed by atoms with Gasteiger partial charge in [0.15, 0.2) is 0 Å². The Hall–Kier alpha value is -0.790. The Bertz CT molecular complexity index is 189. The van der Waals surface area contributed by atoms with Gasteiger partial charge < -0.3 is 4.90 Å². The van der Waals surface area contributed by atoms with Gasteiger partial charge in [0.05, 0.1) is 0 Å². The topological polar surface area (TPSA) is 20.3 Å². The molecular formula is C15H29NO. The standard InChI is InChI=1S/C15H29NO/c1-3-4-5-6-7-8-9-10-11-12-13-14-16(2)15-17/h12-13,15H,3-11,14H2,1-2H3/b13-12+. The molecule has 2 nitrogen and oxygen atoms in total. The molecular weight excluding hydrogens is 210 g/mol. The molecule has 2 heteroatoms. The third-order valence-electron chi connectivity index (χ3n) is 2.96. The molecule has 0 aliphatic rings. The smallest absolute Gasteiger partial charge is 0.209 e. The van der Waals surface area contributed by atoms with Crippen LogP contribution >= 0.6 is 0 Å². The fourth-order valence-corrected chi connectivity index (χ4v) is 1.80. The Labute approximate surface area is 107 Å². The van der Waals surface area contributed by atoms with Crippen LogP contribution in [0.25, 0.3) is 0 Å². The molecule has 0 aliphatic carbocycles. The summed E-state index contributed by atoms with van der Waals surface area (Å²) >= 11 is 0. The minimum Gasteiger partial charge on any atom is -0.345 e. The molecule has 0 rings (SSSR count). The molecule has 0 N–H and O–H groups in total. The zero-order valence-electron chi connectivity index (χ0n) is 11.7. The lowest BCUT2D eigenvalue weighted by Crippen LogP contribution is -2.14. The van der Waals surface area contributed by atoms with Gasteiger partial charge in [-0.25, -0.2) is 0 Å². The van der Waals surface area contributed by atoms with Crippen LogP contribution in [0.4, 0.5) is 0 Å².